The van der Waals surface area contributed by atoms with Gasteiger partial charge in [-0.25, -0.2) is 4.79 Å². The molecule has 0 amide bonds. The van der Waals surface area contributed by atoms with Crippen molar-refractivity contribution in [2.24, 2.45) is 0 Å². The fourth-order valence-corrected chi connectivity index (χ4v) is 0.887. The quantitative estimate of drug-likeness (QED) is 0.256. The van der Waals surface area contributed by atoms with Crippen molar-refractivity contribution in [1.82, 2.24) is 0 Å². The first kappa shape index (κ1) is 15.9. The lowest BCUT2D eigenvalue weighted by Crippen LogP contribution is -2.10. The number of methoxy groups -OCH3 is 1. The van der Waals surface area contributed by atoms with Crippen molar-refractivity contribution in [1.29, 1.82) is 0 Å². The highest BCUT2D eigenvalue weighted by Gasteiger charge is 2.02. The topological polar surface area (TPSA) is 74.2 Å². The average molecular weight is 248 g/mol. The molecule has 0 saturated heterocycles. The summed E-state index contributed by atoms with van der Waals surface area (Å²) in [6.45, 7) is 3.60. The largest absolute Gasteiger partial charge is 0.498 e. The van der Waals surface area contributed by atoms with E-state index in [0.29, 0.717) is 38.6 Å². The van der Waals surface area contributed by atoms with Crippen molar-refractivity contribution in [2.75, 3.05) is 46.8 Å². The summed E-state index contributed by atoms with van der Waals surface area (Å²) in [6.07, 6.45) is 1.34. The molecule has 0 heterocycles. The molecule has 0 unspecified atom stereocenters. The maximum atomic E-state index is 10.9. The number of aliphatic hydroxyl groups is 1. The van der Waals surface area contributed by atoms with Gasteiger partial charge in [0.15, 0.2) is 0 Å². The fraction of sp³-hybridized carbons (Fsp3) is 0.727. The van der Waals surface area contributed by atoms with Gasteiger partial charge in [0.2, 0.25) is 0 Å². The lowest BCUT2D eigenvalue weighted by atomic mass is 10.3. The number of aliphatic hydroxyl groups excluding tert-OH is 1. The van der Waals surface area contributed by atoms with E-state index in [9.17, 15) is 4.79 Å². The van der Waals surface area contributed by atoms with Crippen LogP contribution in [0.25, 0.3) is 0 Å². The van der Waals surface area contributed by atoms with Crippen LogP contribution < -0.4 is 0 Å². The summed E-state index contributed by atoms with van der Waals surface area (Å²) in [5, 5.41) is 8.43. The summed E-state index contributed by atoms with van der Waals surface area (Å²) in [5.41, 5.74) is 0.402. The van der Waals surface area contributed by atoms with E-state index < -0.39 is 5.97 Å². The van der Waals surface area contributed by atoms with Crippen molar-refractivity contribution in [3.8, 4) is 0 Å². The number of esters is 1. The standard InChI is InChI=1S/C11H20O6/c1-10(11(13)14-2)9-17-8-7-16-6-5-15-4-3-12/h9,12H,3-8H2,1-2H3. The minimum absolute atomic E-state index is 0.0146. The Labute approximate surface area is 101 Å². The van der Waals surface area contributed by atoms with Gasteiger partial charge in [-0.3, -0.25) is 0 Å². The zero-order chi connectivity index (χ0) is 12.9. The van der Waals surface area contributed by atoms with Crippen molar-refractivity contribution in [3.63, 3.8) is 0 Å². The fourth-order valence-electron chi connectivity index (χ4n) is 0.887. The molecule has 1 N–H and O–H groups in total. The van der Waals surface area contributed by atoms with Crippen LogP contribution in [0.5, 0.6) is 0 Å². The van der Waals surface area contributed by atoms with Gasteiger partial charge < -0.3 is 24.1 Å². The second kappa shape index (κ2) is 11.4. The van der Waals surface area contributed by atoms with Crippen LogP contribution in [0.4, 0.5) is 0 Å². The van der Waals surface area contributed by atoms with Crippen LogP contribution in [-0.2, 0) is 23.7 Å². The van der Waals surface area contributed by atoms with Crippen LogP contribution in [-0.4, -0.2) is 57.8 Å². The lowest BCUT2D eigenvalue weighted by Gasteiger charge is -2.05. The molecule has 0 aromatic carbocycles. The molecule has 0 fully saturated rings. The highest BCUT2D eigenvalue weighted by atomic mass is 16.5. The molecule has 0 rings (SSSR count). The Bertz CT molecular complexity index is 226. The molecule has 0 aliphatic carbocycles. The molecular weight excluding hydrogens is 228 g/mol. The third-order valence-electron chi connectivity index (χ3n) is 1.72. The minimum Gasteiger partial charge on any atom is -0.498 e. The monoisotopic (exact) mass is 248 g/mol. The summed E-state index contributed by atoms with van der Waals surface area (Å²) >= 11 is 0. The minimum atomic E-state index is -0.414. The van der Waals surface area contributed by atoms with Crippen LogP contribution in [0.15, 0.2) is 11.8 Å². The zero-order valence-corrected chi connectivity index (χ0v) is 10.3. The summed E-state index contributed by atoms with van der Waals surface area (Å²) in [5.74, 6) is -0.414. The van der Waals surface area contributed by atoms with Gasteiger partial charge in [0.05, 0.1) is 52.0 Å². The third-order valence-corrected chi connectivity index (χ3v) is 1.72. The molecule has 0 aliphatic heterocycles. The van der Waals surface area contributed by atoms with Crippen molar-refractivity contribution >= 4 is 5.97 Å². The highest BCUT2D eigenvalue weighted by molar-refractivity contribution is 5.87. The van der Waals surface area contributed by atoms with Crippen molar-refractivity contribution < 1.29 is 28.8 Å². The third kappa shape index (κ3) is 9.80. The maximum absolute atomic E-state index is 10.9. The molecule has 0 aliphatic rings. The Balaban J connectivity index is 3.31. The van der Waals surface area contributed by atoms with E-state index in [1.165, 1.54) is 13.4 Å². The summed E-state index contributed by atoms with van der Waals surface area (Å²) in [7, 11) is 1.31. The van der Waals surface area contributed by atoms with Gasteiger partial charge in [-0.05, 0) is 6.92 Å². The van der Waals surface area contributed by atoms with Crippen LogP contribution >= 0.6 is 0 Å². The Hall–Kier alpha value is -1.11. The Morgan fingerprint density at radius 2 is 1.71 bits per heavy atom. The first-order valence-corrected chi connectivity index (χ1v) is 5.35. The molecule has 0 spiro atoms. The molecule has 0 aromatic heterocycles. The van der Waals surface area contributed by atoms with Crippen LogP contribution in [0.2, 0.25) is 0 Å². The van der Waals surface area contributed by atoms with E-state index in [-0.39, 0.29) is 6.61 Å². The second-order valence-electron chi connectivity index (χ2n) is 3.11. The lowest BCUT2D eigenvalue weighted by molar-refractivity contribution is -0.136. The number of carbonyl (C=O) groups is 1. The Kier molecular flexibility index (Phi) is 10.6. The first-order chi connectivity index (χ1) is 8.22. The predicted molar refractivity (Wildman–Crippen MR) is 60.4 cm³/mol. The van der Waals surface area contributed by atoms with E-state index in [0.717, 1.165) is 0 Å². The first-order valence-electron chi connectivity index (χ1n) is 5.35. The summed E-state index contributed by atoms with van der Waals surface area (Å²) in [6, 6.07) is 0. The molecule has 0 aromatic rings. The molecule has 0 atom stereocenters. The smallest absolute Gasteiger partial charge is 0.336 e. The highest BCUT2D eigenvalue weighted by Crippen LogP contribution is 1.95. The average Bonchev–Trinajstić information content (AvgIpc) is 2.35. The predicted octanol–water partition coefficient (Wildman–Crippen LogP) is 0.105. The number of hydrogen-bond donors (Lipinski definition) is 1. The number of ether oxygens (including phenoxy) is 4. The number of carbonyl (C=O) groups excluding carboxylic acids is 1. The zero-order valence-electron chi connectivity index (χ0n) is 10.3. The van der Waals surface area contributed by atoms with Crippen molar-refractivity contribution in [2.45, 2.75) is 6.92 Å². The summed E-state index contributed by atoms with van der Waals surface area (Å²) in [4.78, 5) is 10.9. The Morgan fingerprint density at radius 3 is 2.29 bits per heavy atom. The maximum Gasteiger partial charge on any atom is 0.336 e. The number of rotatable bonds is 10. The van der Waals surface area contributed by atoms with E-state index >= 15 is 0 Å². The van der Waals surface area contributed by atoms with Crippen LogP contribution in [0.1, 0.15) is 6.92 Å². The molecule has 17 heavy (non-hydrogen) atoms. The van der Waals surface area contributed by atoms with Gasteiger partial charge in [0.25, 0.3) is 0 Å². The second-order valence-corrected chi connectivity index (χ2v) is 3.11. The van der Waals surface area contributed by atoms with E-state index in [1.807, 2.05) is 0 Å². The van der Waals surface area contributed by atoms with E-state index in [4.69, 9.17) is 19.3 Å². The van der Waals surface area contributed by atoms with Crippen molar-refractivity contribution in [3.05, 3.63) is 11.8 Å². The van der Waals surface area contributed by atoms with E-state index in [1.54, 1.807) is 6.92 Å². The summed E-state index contributed by atoms with van der Waals surface area (Å²) < 4.78 is 19.7. The van der Waals surface area contributed by atoms with Gasteiger partial charge >= 0.3 is 5.97 Å². The molecule has 6 nitrogen and oxygen atoms in total. The molecular formula is C11H20O6. The normalized spacial score (nSPS) is 11.4. The van der Waals surface area contributed by atoms with Gasteiger partial charge in [0, 0.05) is 0 Å². The molecule has 0 radical (unpaired) electrons. The Morgan fingerprint density at radius 1 is 1.12 bits per heavy atom. The van der Waals surface area contributed by atoms with Gasteiger partial charge in [-0.1, -0.05) is 0 Å². The van der Waals surface area contributed by atoms with Gasteiger partial charge in [-0.2, -0.15) is 0 Å². The molecule has 100 valence electrons. The van der Waals surface area contributed by atoms with Gasteiger partial charge in [0.1, 0.15) is 6.61 Å². The molecule has 0 bridgehead atoms. The number of hydrogen-bond acceptors (Lipinski definition) is 6. The van der Waals surface area contributed by atoms with Crippen LogP contribution in [0, 0.1) is 0 Å². The molecule has 0 saturated carbocycles. The van der Waals surface area contributed by atoms with Crippen LogP contribution in [0.3, 0.4) is 0 Å². The van der Waals surface area contributed by atoms with E-state index in [2.05, 4.69) is 4.74 Å². The van der Waals surface area contributed by atoms with Gasteiger partial charge in [-0.15, -0.1) is 0 Å². The SMILES string of the molecule is COC(=O)C(C)=COCCOCCOCCO. The molecule has 6 heteroatoms.